The lowest BCUT2D eigenvalue weighted by Crippen LogP contribution is -2.58. The van der Waals surface area contributed by atoms with E-state index in [2.05, 4.69) is 24.5 Å². The van der Waals surface area contributed by atoms with Crippen LogP contribution in [0.2, 0.25) is 0 Å². The molecule has 2 aromatic carbocycles. The maximum absolute atomic E-state index is 14.4. The molecule has 1 saturated carbocycles. The van der Waals surface area contributed by atoms with Gasteiger partial charge in [-0.05, 0) is 55.2 Å². The van der Waals surface area contributed by atoms with Crippen LogP contribution in [0.25, 0.3) is 0 Å². The van der Waals surface area contributed by atoms with E-state index in [1.54, 1.807) is 16.7 Å². The van der Waals surface area contributed by atoms with E-state index in [0.717, 1.165) is 29.7 Å². The molecule has 41 heavy (non-hydrogen) atoms. The first-order valence-electron chi connectivity index (χ1n) is 14.7. The molecular weight excluding hydrogens is 534 g/mol. The first-order valence-corrected chi connectivity index (χ1v) is 16.0. The number of nitrogens with zero attached hydrogens (tertiary/aromatic N) is 1. The molecule has 3 heterocycles. The number of ether oxygens (including phenoxy) is 1. The van der Waals surface area contributed by atoms with Crippen molar-refractivity contribution < 1.29 is 19.1 Å². The number of likely N-dealkylation sites (tertiary alicyclic amines) is 1. The van der Waals surface area contributed by atoms with Crippen LogP contribution in [-0.2, 0) is 19.1 Å². The van der Waals surface area contributed by atoms with E-state index in [9.17, 15) is 14.4 Å². The molecule has 1 aliphatic carbocycles. The van der Waals surface area contributed by atoms with Crippen LogP contribution in [0.1, 0.15) is 51.6 Å². The van der Waals surface area contributed by atoms with Crippen LogP contribution >= 0.6 is 11.8 Å². The maximum Gasteiger partial charge on any atom is 0.246 e. The minimum absolute atomic E-state index is 0.0380. The number of hydrogen-bond acceptors (Lipinski definition) is 5. The van der Waals surface area contributed by atoms with E-state index in [1.165, 1.54) is 0 Å². The second kappa shape index (κ2) is 11.0. The maximum atomic E-state index is 14.4. The van der Waals surface area contributed by atoms with Crippen LogP contribution in [0.4, 0.5) is 5.69 Å². The Bertz CT molecular complexity index is 1370. The average molecular weight is 574 g/mol. The summed E-state index contributed by atoms with van der Waals surface area (Å²) in [4.78, 5) is 45.3. The Morgan fingerprint density at radius 2 is 1.85 bits per heavy atom. The van der Waals surface area contributed by atoms with Gasteiger partial charge < -0.3 is 20.3 Å². The standard InChI is InChI=1S/C33H39N3O4S/c1-19-10-8-15-25(20(19)2)35-31(38)29-33-17-16-26(40-33)27(30(37)34-23-13-9-14-24(18-23)41-4)28(33)32(39)36(29)21(3)22-11-6-5-7-12-22/h5-7,9,11-14,16-21,25-29H,8,10,15H2,1-4H3,(H,34,37)(H,35,38)/t19-,20-,21-,25+,26-,27+,28-,29-,33-/m0/s1. The first-order chi connectivity index (χ1) is 19.7. The van der Waals surface area contributed by atoms with Crippen LogP contribution in [0.3, 0.4) is 0 Å². The number of carbonyl (C=O) groups is 3. The third kappa shape index (κ3) is 4.69. The van der Waals surface area contributed by atoms with Crippen LogP contribution < -0.4 is 10.6 Å². The van der Waals surface area contributed by atoms with Crippen molar-refractivity contribution in [3.05, 3.63) is 72.3 Å². The van der Waals surface area contributed by atoms with Gasteiger partial charge in [0.25, 0.3) is 0 Å². The summed E-state index contributed by atoms with van der Waals surface area (Å²) in [6, 6.07) is 16.2. The van der Waals surface area contributed by atoms with Gasteiger partial charge in [-0.1, -0.05) is 75.2 Å². The minimum Gasteiger partial charge on any atom is -0.359 e. The van der Waals surface area contributed by atoms with Crippen molar-refractivity contribution in [3.63, 3.8) is 0 Å². The van der Waals surface area contributed by atoms with Crippen molar-refractivity contribution >= 4 is 35.2 Å². The SMILES string of the molecule is CSc1cccc(NC(=O)[C@@H]2[C@@H]3C=C[C@]4(O3)[C@@H]2C(=O)N([C@@H](C)c2ccccc2)[C@H]4C(=O)N[C@@H]2CCC[C@H](C)[C@@H]2C)c1. The molecule has 7 nitrogen and oxygen atoms in total. The highest BCUT2D eigenvalue weighted by atomic mass is 32.2. The highest BCUT2D eigenvalue weighted by molar-refractivity contribution is 7.98. The molecular formula is C33H39N3O4S. The lowest BCUT2D eigenvalue weighted by Gasteiger charge is -2.39. The Labute approximate surface area is 246 Å². The van der Waals surface area contributed by atoms with Gasteiger partial charge in [0.2, 0.25) is 17.7 Å². The summed E-state index contributed by atoms with van der Waals surface area (Å²) >= 11 is 1.60. The van der Waals surface area contributed by atoms with Gasteiger partial charge in [0.15, 0.2) is 0 Å². The Morgan fingerprint density at radius 3 is 2.61 bits per heavy atom. The quantitative estimate of drug-likeness (QED) is 0.351. The molecule has 0 unspecified atom stereocenters. The van der Waals surface area contributed by atoms with Crippen LogP contribution in [-0.4, -0.2) is 52.7 Å². The summed E-state index contributed by atoms with van der Waals surface area (Å²) < 4.78 is 6.56. The number of fused-ring (bicyclic) bond motifs is 1. The van der Waals surface area contributed by atoms with Gasteiger partial charge >= 0.3 is 0 Å². The molecule has 4 aliphatic rings. The van der Waals surface area contributed by atoms with Crippen LogP contribution in [0, 0.1) is 23.7 Å². The van der Waals surface area contributed by atoms with Crippen molar-refractivity contribution in [2.75, 3.05) is 11.6 Å². The molecule has 3 amide bonds. The summed E-state index contributed by atoms with van der Waals surface area (Å²) in [5.74, 6) is -1.34. The average Bonchev–Trinajstić information content (AvgIpc) is 3.63. The van der Waals surface area contributed by atoms with Crippen LogP contribution in [0.5, 0.6) is 0 Å². The molecule has 2 N–H and O–H groups in total. The summed E-state index contributed by atoms with van der Waals surface area (Å²) in [6.45, 7) is 6.39. The predicted octanol–water partition coefficient (Wildman–Crippen LogP) is 5.20. The van der Waals surface area contributed by atoms with Gasteiger partial charge in [-0.2, -0.15) is 0 Å². The largest absolute Gasteiger partial charge is 0.359 e. The number of amides is 3. The fourth-order valence-electron chi connectivity index (χ4n) is 7.49. The molecule has 3 fully saturated rings. The fraction of sp³-hybridized carbons (Fsp3) is 0.485. The normalized spacial score (nSPS) is 34.4. The second-order valence-corrected chi connectivity index (χ2v) is 13.0. The molecule has 216 valence electrons. The third-order valence-electron chi connectivity index (χ3n) is 9.93. The molecule has 8 heteroatoms. The molecule has 9 atom stereocenters. The van der Waals surface area contributed by atoms with E-state index < -0.39 is 29.6 Å². The van der Waals surface area contributed by atoms with Gasteiger partial charge in [-0.25, -0.2) is 0 Å². The van der Waals surface area contributed by atoms with Crippen molar-refractivity contribution in [1.82, 2.24) is 10.2 Å². The van der Waals surface area contributed by atoms with Crippen molar-refractivity contribution in [3.8, 4) is 0 Å². The summed E-state index contributed by atoms with van der Waals surface area (Å²) in [7, 11) is 0. The van der Waals surface area contributed by atoms with Crippen molar-refractivity contribution in [2.24, 2.45) is 23.7 Å². The van der Waals surface area contributed by atoms with E-state index in [4.69, 9.17) is 4.74 Å². The summed E-state index contributed by atoms with van der Waals surface area (Å²) in [5.41, 5.74) is 0.419. The highest BCUT2D eigenvalue weighted by Gasteiger charge is 2.73. The van der Waals surface area contributed by atoms with Gasteiger partial charge in [0.1, 0.15) is 11.6 Å². The van der Waals surface area contributed by atoms with Gasteiger partial charge in [-0.3, -0.25) is 14.4 Å². The number of nitrogens with one attached hydrogen (secondary N) is 2. The number of benzene rings is 2. The van der Waals surface area contributed by atoms with Gasteiger partial charge in [-0.15, -0.1) is 11.8 Å². The Balaban J connectivity index is 1.35. The van der Waals surface area contributed by atoms with E-state index in [1.807, 2.05) is 79.9 Å². The lowest BCUT2D eigenvalue weighted by molar-refractivity contribution is -0.144. The molecule has 2 bridgehead atoms. The zero-order chi connectivity index (χ0) is 28.9. The molecule has 0 radical (unpaired) electrons. The first kappa shape index (κ1) is 28.0. The van der Waals surface area contributed by atoms with Crippen molar-refractivity contribution in [1.29, 1.82) is 0 Å². The van der Waals surface area contributed by atoms with Gasteiger partial charge in [0, 0.05) is 16.6 Å². The summed E-state index contributed by atoms with van der Waals surface area (Å²) in [5, 5.41) is 6.37. The van der Waals surface area contributed by atoms with E-state index >= 15 is 0 Å². The smallest absolute Gasteiger partial charge is 0.246 e. The zero-order valence-corrected chi connectivity index (χ0v) is 24.9. The number of carbonyl (C=O) groups excluding carboxylic acids is 3. The Kier molecular flexibility index (Phi) is 7.49. The second-order valence-electron chi connectivity index (χ2n) is 12.1. The number of thioether (sulfide) groups is 1. The number of hydrogen-bond donors (Lipinski definition) is 2. The van der Waals surface area contributed by atoms with Crippen molar-refractivity contribution in [2.45, 2.75) is 74.8 Å². The monoisotopic (exact) mass is 573 g/mol. The Morgan fingerprint density at radius 1 is 1.07 bits per heavy atom. The lowest BCUT2D eigenvalue weighted by atomic mass is 9.73. The van der Waals surface area contributed by atoms with Crippen LogP contribution in [0.15, 0.2) is 71.6 Å². The van der Waals surface area contributed by atoms with E-state index in [-0.39, 0.29) is 29.8 Å². The highest BCUT2D eigenvalue weighted by Crippen LogP contribution is 2.56. The Hall–Kier alpha value is -3.10. The van der Waals surface area contributed by atoms with Gasteiger partial charge in [0.05, 0.1) is 24.0 Å². The van der Waals surface area contributed by atoms with E-state index in [0.29, 0.717) is 17.5 Å². The topological polar surface area (TPSA) is 87.7 Å². The molecule has 1 spiro atoms. The molecule has 6 rings (SSSR count). The predicted molar refractivity (Wildman–Crippen MR) is 160 cm³/mol. The number of rotatable bonds is 7. The molecule has 2 saturated heterocycles. The third-order valence-corrected chi connectivity index (χ3v) is 10.7. The zero-order valence-electron chi connectivity index (χ0n) is 24.1. The number of anilines is 1. The summed E-state index contributed by atoms with van der Waals surface area (Å²) in [6.07, 6.45) is 8.31. The fourth-order valence-corrected chi connectivity index (χ4v) is 7.95. The molecule has 0 aromatic heterocycles. The molecule has 3 aliphatic heterocycles. The molecule has 2 aromatic rings. The minimum atomic E-state index is -1.19.